The highest BCUT2D eigenvalue weighted by atomic mass is 16.3. The fraction of sp³-hybridized carbons (Fsp3) is 0.154. The minimum Gasteiger partial charge on any atom is -0.389 e. The lowest BCUT2D eigenvalue weighted by Gasteiger charge is -2.23. The minimum atomic E-state index is -0.430. The van der Waals surface area contributed by atoms with Gasteiger partial charge in [-0.25, -0.2) is 0 Å². The van der Waals surface area contributed by atoms with E-state index in [0.717, 1.165) is 50.0 Å². The SMILES string of the molecule is O=C1NC(=O)c2c1c1c3ccccc3[nH]c1c1c2c2ccccc2n1C1C=C[C@H](O)CC1. The van der Waals surface area contributed by atoms with Gasteiger partial charge in [0.25, 0.3) is 11.8 Å². The van der Waals surface area contributed by atoms with Gasteiger partial charge in [-0.3, -0.25) is 14.9 Å². The molecule has 3 heterocycles. The highest BCUT2D eigenvalue weighted by Crippen LogP contribution is 2.45. The molecule has 6 nitrogen and oxygen atoms in total. The van der Waals surface area contributed by atoms with E-state index in [1.807, 2.05) is 54.6 Å². The smallest absolute Gasteiger partial charge is 0.259 e. The van der Waals surface area contributed by atoms with Crippen molar-refractivity contribution < 1.29 is 14.7 Å². The number of amides is 2. The molecule has 1 unspecified atom stereocenters. The lowest BCUT2D eigenvalue weighted by atomic mass is 9.96. The topological polar surface area (TPSA) is 87.1 Å². The number of hydrogen-bond acceptors (Lipinski definition) is 3. The zero-order chi connectivity index (χ0) is 21.6. The highest BCUT2D eigenvalue weighted by Gasteiger charge is 2.36. The maximum Gasteiger partial charge on any atom is 0.259 e. The third kappa shape index (κ3) is 2.12. The number of nitrogens with zero attached hydrogens (tertiary/aromatic N) is 1. The number of imide groups is 1. The molecule has 0 bridgehead atoms. The van der Waals surface area contributed by atoms with Crippen molar-refractivity contribution in [1.29, 1.82) is 0 Å². The van der Waals surface area contributed by atoms with E-state index in [1.165, 1.54) is 0 Å². The normalized spacial score (nSPS) is 20.7. The average molecular weight is 421 g/mol. The van der Waals surface area contributed by atoms with E-state index in [4.69, 9.17) is 0 Å². The summed E-state index contributed by atoms with van der Waals surface area (Å²) in [4.78, 5) is 29.6. The molecular formula is C26H19N3O3. The second-order valence-corrected chi connectivity index (χ2v) is 8.66. The first-order valence-electron chi connectivity index (χ1n) is 10.8. The number of nitrogens with one attached hydrogen (secondary N) is 2. The predicted octanol–water partition coefficient (Wildman–Crippen LogP) is 4.56. The third-order valence-corrected chi connectivity index (χ3v) is 6.93. The number of aromatic nitrogens is 2. The van der Waals surface area contributed by atoms with E-state index < -0.39 is 6.10 Å². The molecule has 0 saturated heterocycles. The summed E-state index contributed by atoms with van der Waals surface area (Å²) < 4.78 is 2.26. The predicted molar refractivity (Wildman–Crippen MR) is 124 cm³/mol. The Morgan fingerprint density at radius 2 is 1.56 bits per heavy atom. The number of benzene rings is 3. The Kier molecular flexibility index (Phi) is 3.37. The maximum atomic E-state index is 13.1. The summed E-state index contributed by atoms with van der Waals surface area (Å²) >= 11 is 0. The lowest BCUT2D eigenvalue weighted by molar-refractivity contribution is 0.0880. The molecule has 2 aliphatic rings. The van der Waals surface area contributed by atoms with Crippen molar-refractivity contribution in [1.82, 2.24) is 14.9 Å². The van der Waals surface area contributed by atoms with Crippen LogP contribution in [0.2, 0.25) is 0 Å². The van der Waals surface area contributed by atoms with Crippen molar-refractivity contribution in [3.63, 3.8) is 0 Å². The van der Waals surface area contributed by atoms with Crippen molar-refractivity contribution in [3.05, 3.63) is 71.8 Å². The van der Waals surface area contributed by atoms with Crippen LogP contribution in [0.4, 0.5) is 0 Å². The van der Waals surface area contributed by atoms with E-state index >= 15 is 0 Å². The number of carbonyl (C=O) groups excluding carboxylic acids is 2. The van der Waals surface area contributed by atoms with Crippen LogP contribution in [0.3, 0.4) is 0 Å². The van der Waals surface area contributed by atoms with E-state index in [1.54, 1.807) is 0 Å². The first-order chi connectivity index (χ1) is 15.6. The molecule has 2 aromatic heterocycles. The molecule has 0 fully saturated rings. The van der Waals surface area contributed by atoms with Gasteiger partial charge < -0.3 is 14.7 Å². The second kappa shape index (κ2) is 6.08. The van der Waals surface area contributed by atoms with Crippen LogP contribution >= 0.6 is 0 Å². The molecule has 5 aromatic rings. The number of carbonyl (C=O) groups is 2. The quantitative estimate of drug-likeness (QED) is 0.274. The van der Waals surface area contributed by atoms with Gasteiger partial charge in [0.05, 0.1) is 34.3 Å². The number of para-hydroxylation sites is 2. The molecule has 0 radical (unpaired) electrons. The Morgan fingerprint density at radius 3 is 2.34 bits per heavy atom. The van der Waals surface area contributed by atoms with Crippen molar-refractivity contribution >= 4 is 55.4 Å². The van der Waals surface area contributed by atoms with Crippen molar-refractivity contribution in [2.45, 2.75) is 25.0 Å². The first-order valence-corrected chi connectivity index (χ1v) is 10.8. The van der Waals surface area contributed by atoms with Crippen molar-refractivity contribution in [2.75, 3.05) is 0 Å². The fourth-order valence-corrected chi connectivity index (χ4v) is 5.62. The zero-order valence-electron chi connectivity index (χ0n) is 17.1. The second-order valence-electron chi connectivity index (χ2n) is 8.66. The Morgan fingerprint density at radius 1 is 0.844 bits per heavy atom. The largest absolute Gasteiger partial charge is 0.389 e. The Hall–Kier alpha value is -3.90. The molecule has 3 aromatic carbocycles. The number of fused-ring (bicyclic) bond motifs is 10. The lowest BCUT2D eigenvalue weighted by Crippen LogP contribution is -2.20. The number of aliphatic hydroxyl groups excluding tert-OH is 1. The van der Waals surface area contributed by atoms with E-state index in [0.29, 0.717) is 17.5 Å². The van der Waals surface area contributed by atoms with Crippen LogP contribution < -0.4 is 5.32 Å². The van der Waals surface area contributed by atoms with Crippen LogP contribution in [0.5, 0.6) is 0 Å². The Balaban J connectivity index is 1.78. The van der Waals surface area contributed by atoms with Crippen molar-refractivity contribution in [2.24, 2.45) is 0 Å². The number of allylic oxidation sites excluding steroid dienone is 1. The average Bonchev–Trinajstić information content (AvgIpc) is 3.44. The van der Waals surface area contributed by atoms with Gasteiger partial charge >= 0.3 is 0 Å². The summed E-state index contributed by atoms with van der Waals surface area (Å²) in [5.74, 6) is -0.695. The Labute approximate surface area is 182 Å². The van der Waals surface area contributed by atoms with Crippen molar-refractivity contribution in [3.8, 4) is 0 Å². The summed E-state index contributed by atoms with van der Waals surface area (Å²) in [6.45, 7) is 0. The summed E-state index contributed by atoms with van der Waals surface area (Å²) in [7, 11) is 0. The van der Waals surface area contributed by atoms with Gasteiger partial charge in [0.2, 0.25) is 0 Å². The molecule has 3 N–H and O–H groups in total. The first kappa shape index (κ1) is 17.7. The van der Waals surface area contributed by atoms with Crippen LogP contribution in [0.15, 0.2) is 60.7 Å². The minimum absolute atomic E-state index is 0.0358. The van der Waals surface area contributed by atoms with Gasteiger partial charge in [0.1, 0.15) is 0 Å². The number of H-pyrrole nitrogens is 1. The standard InChI is InChI=1S/C26H19N3O3/c30-14-11-9-13(10-12-14)29-18-8-4-2-6-16(18)20-22-21(25(31)28-26(22)32)19-15-5-1-3-7-17(15)27-23(19)24(20)29/h1-9,11,13-14,27,30H,10,12H2,(H,28,31,32)/t13?,14-/m0/s1. The van der Waals surface area contributed by atoms with Gasteiger partial charge in [-0.2, -0.15) is 0 Å². The Bertz CT molecular complexity index is 1670. The van der Waals surface area contributed by atoms with Gasteiger partial charge in [0.15, 0.2) is 0 Å². The highest BCUT2D eigenvalue weighted by molar-refractivity contribution is 6.39. The monoisotopic (exact) mass is 421 g/mol. The molecular weight excluding hydrogens is 402 g/mol. The van der Waals surface area contributed by atoms with Crippen LogP contribution in [0.25, 0.3) is 43.6 Å². The van der Waals surface area contributed by atoms with Crippen LogP contribution in [-0.4, -0.2) is 32.6 Å². The number of rotatable bonds is 1. The third-order valence-electron chi connectivity index (χ3n) is 6.93. The molecule has 2 amide bonds. The van der Waals surface area contributed by atoms with Gasteiger partial charge in [0, 0.05) is 32.6 Å². The van der Waals surface area contributed by atoms with Crippen LogP contribution in [0.1, 0.15) is 39.6 Å². The summed E-state index contributed by atoms with van der Waals surface area (Å²) in [6.07, 6.45) is 4.93. The summed E-state index contributed by atoms with van der Waals surface area (Å²) in [5.41, 5.74) is 4.63. The van der Waals surface area contributed by atoms with E-state index in [2.05, 4.69) is 20.9 Å². The molecule has 1 aliphatic carbocycles. The molecule has 0 spiro atoms. The number of aliphatic hydroxyl groups is 1. The molecule has 2 atom stereocenters. The van der Waals surface area contributed by atoms with E-state index in [-0.39, 0.29) is 17.9 Å². The van der Waals surface area contributed by atoms with Gasteiger partial charge in [-0.15, -0.1) is 0 Å². The molecule has 32 heavy (non-hydrogen) atoms. The zero-order valence-corrected chi connectivity index (χ0v) is 17.1. The maximum absolute atomic E-state index is 13.1. The number of aromatic amines is 1. The van der Waals surface area contributed by atoms with Crippen LogP contribution in [-0.2, 0) is 0 Å². The molecule has 156 valence electrons. The summed E-state index contributed by atoms with van der Waals surface area (Å²) in [5, 5.41) is 16.0. The fourth-order valence-electron chi connectivity index (χ4n) is 5.62. The summed E-state index contributed by atoms with van der Waals surface area (Å²) in [6, 6.07) is 15.9. The molecule has 0 saturated carbocycles. The number of hydrogen-bond donors (Lipinski definition) is 3. The molecule has 6 heteroatoms. The van der Waals surface area contributed by atoms with Gasteiger partial charge in [-0.05, 0) is 25.0 Å². The molecule has 1 aliphatic heterocycles. The molecule has 7 rings (SSSR count). The van der Waals surface area contributed by atoms with E-state index in [9.17, 15) is 14.7 Å². The van der Waals surface area contributed by atoms with Crippen LogP contribution in [0, 0.1) is 0 Å². The van der Waals surface area contributed by atoms with Gasteiger partial charge in [-0.1, -0.05) is 48.6 Å².